The predicted octanol–water partition coefficient (Wildman–Crippen LogP) is 7.15. The summed E-state index contributed by atoms with van der Waals surface area (Å²) in [4.78, 5) is 0. The minimum atomic E-state index is 0.760. The van der Waals surface area contributed by atoms with Crippen molar-refractivity contribution in [2.24, 2.45) is 0 Å². The lowest BCUT2D eigenvalue weighted by Gasteiger charge is -2.14. The van der Waals surface area contributed by atoms with Crippen LogP contribution >= 0.6 is 0 Å². The molecule has 1 aromatic heterocycles. The summed E-state index contributed by atoms with van der Waals surface area (Å²) in [5, 5.41) is 4.86. The highest BCUT2D eigenvalue weighted by atomic mass is 16.5. The molecule has 0 bridgehead atoms. The maximum Gasteiger partial charge on any atom is 0.120 e. The van der Waals surface area contributed by atoms with Crippen LogP contribution in [-0.4, -0.2) is 30.9 Å². The maximum atomic E-state index is 6.05. The number of aromatic nitrogens is 1. The van der Waals surface area contributed by atoms with E-state index in [-0.39, 0.29) is 0 Å². The zero-order valence-electron chi connectivity index (χ0n) is 21.8. The number of aryl methyl sites for hydroxylation is 1. The number of ether oxygens (including phenoxy) is 2. The van der Waals surface area contributed by atoms with Crippen molar-refractivity contribution >= 4 is 10.9 Å². The van der Waals surface area contributed by atoms with Gasteiger partial charge in [-0.3, -0.25) is 0 Å². The van der Waals surface area contributed by atoms with Gasteiger partial charge in [0.1, 0.15) is 11.5 Å². The maximum absolute atomic E-state index is 6.05. The van der Waals surface area contributed by atoms with Gasteiger partial charge < -0.3 is 19.4 Å². The fourth-order valence-electron chi connectivity index (χ4n) is 4.91. The van der Waals surface area contributed by atoms with Crippen molar-refractivity contribution in [2.75, 3.05) is 20.3 Å². The first-order valence-corrected chi connectivity index (χ1v) is 13.4. The SMILES string of the molecule is CCCCOc1ccc2c(c1)c(C)c(-c1ccc(OC)cc1)n2Cc1ccc(CCNC2CC2)cc1. The van der Waals surface area contributed by atoms with Gasteiger partial charge in [0.05, 0.1) is 19.4 Å². The number of benzene rings is 3. The fraction of sp³-hybridized carbons (Fsp3) is 0.375. The Balaban J connectivity index is 1.46. The van der Waals surface area contributed by atoms with Crippen LogP contribution < -0.4 is 14.8 Å². The Labute approximate surface area is 215 Å². The van der Waals surface area contributed by atoms with E-state index in [1.165, 1.54) is 51.7 Å². The Morgan fingerprint density at radius 2 is 1.64 bits per heavy atom. The van der Waals surface area contributed by atoms with Gasteiger partial charge in [-0.1, -0.05) is 37.6 Å². The minimum Gasteiger partial charge on any atom is -0.497 e. The van der Waals surface area contributed by atoms with Crippen LogP contribution in [0.4, 0.5) is 0 Å². The molecular formula is C32H38N2O2. The van der Waals surface area contributed by atoms with Crippen LogP contribution in [0.15, 0.2) is 66.7 Å². The van der Waals surface area contributed by atoms with E-state index in [0.717, 1.165) is 56.5 Å². The molecule has 4 heteroatoms. The highest BCUT2D eigenvalue weighted by Gasteiger charge is 2.20. The van der Waals surface area contributed by atoms with Gasteiger partial charge in [-0.25, -0.2) is 0 Å². The lowest BCUT2D eigenvalue weighted by molar-refractivity contribution is 0.310. The van der Waals surface area contributed by atoms with E-state index in [9.17, 15) is 0 Å². The van der Waals surface area contributed by atoms with Crippen LogP contribution in [0.5, 0.6) is 11.5 Å². The number of hydrogen-bond acceptors (Lipinski definition) is 3. The number of hydrogen-bond donors (Lipinski definition) is 1. The lowest BCUT2D eigenvalue weighted by Crippen LogP contribution is -2.19. The molecule has 1 aliphatic carbocycles. The van der Waals surface area contributed by atoms with Crippen molar-refractivity contribution in [3.05, 3.63) is 83.4 Å². The first kappa shape index (κ1) is 24.5. The molecule has 0 amide bonds. The average molecular weight is 483 g/mol. The molecule has 1 fully saturated rings. The Morgan fingerprint density at radius 1 is 0.917 bits per heavy atom. The molecule has 5 rings (SSSR count). The summed E-state index contributed by atoms with van der Waals surface area (Å²) in [7, 11) is 1.71. The molecule has 36 heavy (non-hydrogen) atoms. The van der Waals surface area contributed by atoms with E-state index in [2.05, 4.69) is 78.3 Å². The van der Waals surface area contributed by atoms with Crippen molar-refractivity contribution in [3.8, 4) is 22.8 Å². The van der Waals surface area contributed by atoms with E-state index < -0.39 is 0 Å². The summed E-state index contributed by atoms with van der Waals surface area (Å²) >= 11 is 0. The lowest BCUT2D eigenvalue weighted by atomic mass is 10.1. The molecule has 0 unspecified atom stereocenters. The summed E-state index contributed by atoms with van der Waals surface area (Å²) in [6.45, 7) is 7.06. The van der Waals surface area contributed by atoms with E-state index in [4.69, 9.17) is 9.47 Å². The van der Waals surface area contributed by atoms with E-state index in [0.29, 0.717) is 0 Å². The summed E-state index contributed by atoms with van der Waals surface area (Å²) in [6, 6.07) is 24.8. The molecule has 1 aliphatic rings. The molecule has 1 saturated carbocycles. The number of methoxy groups -OCH3 is 1. The monoisotopic (exact) mass is 482 g/mol. The molecule has 0 atom stereocenters. The second kappa shape index (κ2) is 11.2. The number of nitrogens with one attached hydrogen (secondary N) is 1. The Morgan fingerprint density at radius 3 is 2.33 bits per heavy atom. The molecule has 3 aromatic carbocycles. The third-order valence-electron chi connectivity index (χ3n) is 7.21. The van der Waals surface area contributed by atoms with Crippen LogP contribution in [0.2, 0.25) is 0 Å². The third kappa shape index (κ3) is 5.60. The normalized spacial score (nSPS) is 13.3. The van der Waals surface area contributed by atoms with E-state index >= 15 is 0 Å². The van der Waals surface area contributed by atoms with Crippen molar-refractivity contribution in [1.82, 2.24) is 9.88 Å². The predicted molar refractivity (Wildman–Crippen MR) is 149 cm³/mol. The van der Waals surface area contributed by atoms with E-state index in [1.807, 2.05) is 12.1 Å². The largest absolute Gasteiger partial charge is 0.497 e. The number of fused-ring (bicyclic) bond motifs is 1. The molecule has 188 valence electrons. The highest BCUT2D eigenvalue weighted by molar-refractivity contribution is 5.92. The number of rotatable bonds is 12. The summed E-state index contributed by atoms with van der Waals surface area (Å²) in [6.07, 6.45) is 5.97. The minimum absolute atomic E-state index is 0.760. The second-order valence-corrected chi connectivity index (χ2v) is 9.96. The van der Waals surface area contributed by atoms with Crippen LogP contribution in [0, 0.1) is 6.92 Å². The van der Waals surface area contributed by atoms with Gasteiger partial charge in [-0.05, 0) is 104 Å². The smallest absolute Gasteiger partial charge is 0.120 e. The van der Waals surface area contributed by atoms with Crippen molar-refractivity contribution in [2.45, 2.75) is 58.5 Å². The first-order chi connectivity index (χ1) is 17.7. The quantitative estimate of drug-likeness (QED) is 0.218. The third-order valence-corrected chi connectivity index (χ3v) is 7.21. The Hall–Kier alpha value is -3.24. The Kier molecular flexibility index (Phi) is 7.62. The van der Waals surface area contributed by atoms with Gasteiger partial charge in [-0.2, -0.15) is 0 Å². The van der Waals surface area contributed by atoms with Gasteiger partial charge in [0.15, 0.2) is 0 Å². The van der Waals surface area contributed by atoms with Crippen molar-refractivity contribution in [3.63, 3.8) is 0 Å². The summed E-state index contributed by atoms with van der Waals surface area (Å²) in [5.74, 6) is 1.82. The molecule has 0 spiro atoms. The van der Waals surface area contributed by atoms with Crippen LogP contribution in [0.25, 0.3) is 22.2 Å². The molecule has 4 aromatic rings. The fourth-order valence-corrected chi connectivity index (χ4v) is 4.91. The molecule has 1 N–H and O–H groups in total. The Bertz CT molecular complexity index is 1280. The van der Waals surface area contributed by atoms with Gasteiger partial charge in [0, 0.05) is 23.5 Å². The molecular weight excluding hydrogens is 444 g/mol. The number of nitrogens with zero attached hydrogens (tertiary/aromatic N) is 1. The molecule has 0 aliphatic heterocycles. The molecule has 4 nitrogen and oxygen atoms in total. The van der Waals surface area contributed by atoms with Gasteiger partial charge in [0.25, 0.3) is 0 Å². The molecule has 0 radical (unpaired) electrons. The molecule has 1 heterocycles. The standard InChI is InChI=1S/C32H38N2O2/c1-4-5-20-36-29-16-17-31-30(21-29)23(2)32(26-10-14-28(35-3)15-11-26)34(31)22-25-8-6-24(7-9-25)18-19-33-27-12-13-27/h6-11,14-17,21,27,33H,4-5,12-13,18-20,22H2,1-3H3. The van der Waals surface area contributed by atoms with Gasteiger partial charge in [0.2, 0.25) is 0 Å². The molecule has 0 saturated heterocycles. The average Bonchev–Trinajstić information content (AvgIpc) is 3.70. The van der Waals surface area contributed by atoms with Crippen LogP contribution in [0.3, 0.4) is 0 Å². The van der Waals surface area contributed by atoms with Crippen LogP contribution in [-0.2, 0) is 13.0 Å². The zero-order valence-corrected chi connectivity index (χ0v) is 21.8. The van der Waals surface area contributed by atoms with Crippen molar-refractivity contribution < 1.29 is 9.47 Å². The van der Waals surface area contributed by atoms with Gasteiger partial charge in [-0.15, -0.1) is 0 Å². The second-order valence-electron chi connectivity index (χ2n) is 9.96. The van der Waals surface area contributed by atoms with Crippen molar-refractivity contribution in [1.29, 1.82) is 0 Å². The highest BCUT2D eigenvalue weighted by Crippen LogP contribution is 2.36. The zero-order chi connectivity index (χ0) is 24.9. The summed E-state index contributed by atoms with van der Waals surface area (Å²) in [5.41, 5.74) is 7.66. The van der Waals surface area contributed by atoms with Gasteiger partial charge >= 0.3 is 0 Å². The first-order valence-electron chi connectivity index (χ1n) is 13.4. The summed E-state index contributed by atoms with van der Waals surface area (Å²) < 4.78 is 13.9. The number of unbranched alkanes of at least 4 members (excludes halogenated alkanes) is 1. The van der Waals surface area contributed by atoms with Crippen LogP contribution in [0.1, 0.15) is 49.3 Å². The van der Waals surface area contributed by atoms with E-state index in [1.54, 1.807) is 7.11 Å². The topological polar surface area (TPSA) is 35.4 Å².